The van der Waals surface area contributed by atoms with E-state index in [2.05, 4.69) is 22.3 Å². The predicted molar refractivity (Wildman–Crippen MR) is 68.2 cm³/mol. The van der Waals surface area contributed by atoms with E-state index in [4.69, 9.17) is 0 Å². The number of hydrogen-bond donors (Lipinski definition) is 3. The Labute approximate surface area is 104 Å². The molecule has 7 heteroatoms. The van der Waals surface area contributed by atoms with Crippen molar-refractivity contribution >= 4 is 15.9 Å². The van der Waals surface area contributed by atoms with Gasteiger partial charge in [0.1, 0.15) is 0 Å². The summed E-state index contributed by atoms with van der Waals surface area (Å²) in [7, 11) is -3.15. The Morgan fingerprint density at radius 2 is 1.88 bits per heavy atom. The van der Waals surface area contributed by atoms with E-state index in [1.165, 1.54) is 0 Å². The molecule has 1 amide bonds. The molecule has 6 nitrogen and oxygen atoms in total. The quantitative estimate of drug-likeness (QED) is 0.487. The van der Waals surface area contributed by atoms with Gasteiger partial charge in [-0.05, 0) is 13.3 Å². The normalized spacial score (nSPS) is 13.4. The molecule has 0 bridgehead atoms. The standard InChI is InChI=1S/C10H23N3O3S/c1-4-5-6-12-10(14)9(2)11-7-8-13-17(3,15)16/h9,11,13H,4-8H2,1-3H3,(H,12,14). The van der Waals surface area contributed by atoms with Gasteiger partial charge in [-0.3, -0.25) is 4.79 Å². The number of nitrogens with one attached hydrogen (secondary N) is 3. The van der Waals surface area contributed by atoms with Gasteiger partial charge in [-0.15, -0.1) is 0 Å². The predicted octanol–water partition coefficient (Wildman–Crippen LogP) is -0.570. The molecule has 17 heavy (non-hydrogen) atoms. The molecule has 0 saturated heterocycles. The van der Waals surface area contributed by atoms with Crippen molar-refractivity contribution in [2.75, 3.05) is 25.9 Å². The zero-order chi connectivity index (χ0) is 13.3. The molecule has 1 atom stereocenters. The fourth-order valence-corrected chi connectivity index (χ4v) is 1.63. The second-order valence-corrected chi connectivity index (χ2v) is 5.82. The topological polar surface area (TPSA) is 87.3 Å². The minimum absolute atomic E-state index is 0.0576. The van der Waals surface area contributed by atoms with Gasteiger partial charge < -0.3 is 10.6 Å². The van der Waals surface area contributed by atoms with Crippen LogP contribution in [0.15, 0.2) is 0 Å². The van der Waals surface area contributed by atoms with Gasteiger partial charge in [-0.25, -0.2) is 13.1 Å². The number of rotatable bonds is 9. The third-order valence-corrected chi connectivity index (χ3v) is 2.89. The monoisotopic (exact) mass is 265 g/mol. The highest BCUT2D eigenvalue weighted by atomic mass is 32.2. The summed E-state index contributed by atoms with van der Waals surface area (Å²) in [4.78, 5) is 11.5. The van der Waals surface area contributed by atoms with E-state index in [1.807, 2.05) is 0 Å². The first-order chi connectivity index (χ1) is 7.87. The second-order valence-electron chi connectivity index (χ2n) is 3.99. The van der Waals surface area contributed by atoms with Crippen LogP contribution in [0.5, 0.6) is 0 Å². The average molecular weight is 265 g/mol. The summed E-state index contributed by atoms with van der Waals surface area (Å²) >= 11 is 0. The van der Waals surface area contributed by atoms with Gasteiger partial charge in [0.2, 0.25) is 15.9 Å². The van der Waals surface area contributed by atoms with Gasteiger partial charge in [-0.2, -0.15) is 0 Å². The molecule has 0 aromatic heterocycles. The Balaban J connectivity index is 3.64. The van der Waals surface area contributed by atoms with Gasteiger partial charge >= 0.3 is 0 Å². The highest BCUT2D eigenvalue weighted by Crippen LogP contribution is 1.85. The maximum atomic E-state index is 11.5. The zero-order valence-electron chi connectivity index (χ0n) is 10.7. The second kappa shape index (κ2) is 8.43. The number of amides is 1. The van der Waals surface area contributed by atoms with Gasteiger partial charge in [0.25, 0.3) is 0 Å². The van der Waals surface area contributed by atoms with Crippen molar-refractivity contribution in [2.24, 2.45) is 0 Å². The van der Waals surface area contributed by atoms with Crippen molar-refractivity contribution in [1.82, 2.24) is 15.4 Å². The summed E-state index contributed by atoms with van der Waals surface area (Å²) in [6.45, 7) is 5.20. The highest BCUT2D eigenvalue weighted by Gasteiger charge is 2.10. The van der Waals surface area contributed by atoms with E-state index < -0.39 is 10.0 Å². The van der Waals surface area contributed by atoms with Gasteiger partial charge in [0, 0.05) is 19.6 Å². The third-order valence-electron chi connectivity index (χ3n) is 2.16. The molecule has 3 N–H and O–H groups in total. The molecule has 0 saturated carbocycles. The maximum Gasteiger partial charge on any atom is 0.236 e. The third kappa shape index (κ3) is 10.2. The van der Waals surface area contributed by atoms with Crippen LogP contribution < -0.4 is 15.4 Å². The summed E-state index contributed by atoms with van der Waals surface area (Å²) in [6, 6.07) is -0.312. The molecule has 0 aliphatic heterocycles. The van der Waals surface area contributed by atoms with Crippen molar-refractivity contribution < 1.29 is 13.2 Å². The van der Waals surface area contributed by atoms with Crippen LogP contribution in [-0.4, -0.2) is 46.3 Å². The Hall–Kier alpha value is -0.660. The molecule has 0 spiro atoms. The van der Waals surface area contributed by atoms with Gasteiger partial charge in [0.15, 0.2) is 0 Å². The highest BCUT2D eigenvalue weighted by molar-refractivity contribution is 7.88. The lowest BCUT2D eigenvalue weighted by atomic mass is 10.3. The molecule has 0 fully saturated rings. The van der Waals surface area contributed by atoms with E-state index in [-0.39, 0.29) is 18.5 Å². The first-order valence-corrected chi connectivity index (χ1v) is 7.71. The van der Waals surface area contributed by atoms with E-state index in [0.29, 0.717) is 13.1 Å². The van der Waals surface area contributed by atoms with Crippen LogP contribution in [0.1, 0.15) is 26.7 Å². The smallest absolute Gasteiger partial charge is 0.236 e. The fraction of sp³-hybridized carbons (Fsp3) is 0.900. The zero-order valence-corrected chi connectivity index (χ0v) is 11.6. The van der Waals surface area contributed by atoms with Crippen molar-refractivity contribution in [1.29, 1.82) is 0 Å². The number of hydrogen-bond acceptors (Lipinski definition) is 4. The van der Waals surface area contributed by atoms with Crippen LogP contribution in [0.4, 0.5) is 0 Å². The van der Waals surface area contributed by atoms with Crippen LogP contribution in [0.3, 0.4) is 0 Å². The fourth-order valence-electron chi connectivity index (χ4n) is 1.16. The van der Waals surface area contributed by atoms with Crippen LogP contribution >= 0.6 is 0 Å². The molecule has 102 valence electrons. The largest absolute Gasteiger partial charge is 0.355 e. The van der Waals surface area contributed by atoms with Crippen LogP contribution in [0.25, 0.3) is 0 Å². The molecule has 0 rings (SSSR count). The molecular formula is C10H23N3O3S. The van der Waals surface area contributed by atoms with Crippen molar-refractivity contribution in [2.45, 2.75) is 32.7 Å². The number of carbonyl (C=O) groups is 1. The lowest BCUT2D eigenvalue weighted by molar-refractivity contribution is -0.122. The summed E-state index contributed by atoms with van der Waals surface area (Å²) in [5, 5.41) is 5.74. The summed E-state index contributed by atoms with van der Waals surface area (Å²) < 4.78 is 23.9. The molecule has 0 heterocycles. The first kappa shape index (κ1) is 16.3. The number of sulfonamides is 1. The molecule has 0 aromatic carbocycles. The number of unbranched alkanes of at least 4 members (excludes halogenated alkanes) is 1. The summed E-state index contributed by atoms with van der Waals surface area (Å²) in [5.74, 6) is -0.0576. The van der Waals surface area contributed by atoms with E-state index in [1.54, 1.807) is 6.92 Å². The SMILES string of the molecule is CCCCNC(=O)C(C)NCCNS(C)(=O)=O. The van der Waals surface area contributed by atoms with Gasteiger partial charge in [0.05, 0.1) is 12.3 Å². The maximum absolute atomic E-state index is 11.5. The van der Waals surface area contributed by atoms with Crippen LogP contribution in [-0.2, 0) is 14.8 Å². The van der Waals surface area contributed by atoms with Crippen LogP contribution in [0, 0.1) is 0 Å². The Bertz CT molecular complexity index is 317. The number of carbonyl (C=O) groups excluding carboxylic acids is 1. The van der Waals surface area contributed by atoms with E-state index in [9.17, 15) is 13.2 Å². The minimum atomic E-state index is -3.15. The Morgan fingerprint density at radius 1 is 1.24 bits per heavy atom. The lowest BCUT2D eigenvalue weighted by Crippen LogP contribution is -2.44. The van der Waals surface area contributed by atoms with Gasteiger partial charge in [-0.1, -0.05) is 13.3 Å². The average Bonchev–Trinajstić information content (AvgIpc) is 2.23. The molecular weight excluding hydrogens is 242 g/mol. The molecule has 0 aromatic rings. The summed E-state index contributed by atoms with van der Waals surface area (Å²) in [5.41, 5.74) is 0. The van der Waals surface area contributed by atoms with E-state index in [0.717, 1.165) is 19.1 Å². The molecule has 0 aliphatic carbocycles. The molecule has 1 unspecified atom stereocenters. The Kier molecular flexibility index (Phi) is 8.11. The Morgan fingerprint density at radius 3 is 2.41 bits per heavy atom. The van der Waals surface area contributed by atoms with Crippen molar-refractivity contribution in [3.8, 4) is 0 Å². The van der Waals surface area contributed by atoms with Crippen LogP contribution in [0.2, 0.25) is 0 Å². The molecule has 0 radical (unpaired) electrons. The van der Waals surface area contributed by atoms with Crippen molar-refractivity contribution in [3.05, 3.63) is 0 Å². The van der Waals surface area contributed by atoms with E-state index >= 15 is 0 Å². The molecule has 0 aliphatic rings. The van der Waals surface area contributed by atoms with Crippen molar-refractivity contribution in [3.63, 3.8) is 0 Å². The summed E-state index contributed by atoms with van der Waals surface area (Å²) in [6.07, 6.45) is 3.11. The first-order valence-electron chi connectivity index (χ1n) is 5.82. The lowest BCUT2D eigenvalue weighted by Gasteiger charge is -2.13. The minimum Gasteiger partial charge on any atom is -0.355 e.